The van der Waals surface area contributed by atoms with E-state index in [2.05, 4.69) is 69.4 Å². The van der Waals surface area contributed by atoms with Crippen molar-refractivity contribution in [1.82, 2.24) is 15.1 Å². The third-order valence-electron chi connectivity index (χ3n) is 7.04. The number of aryl methyl sites for hydroxylation is 1. The Balaban J connectivity index is 1.36. The molecule has 2 aliphatic heterocycles. The number of nitriles is 2. The summed E-state index contributed by atoms with van der Waals surface area (Å²) in [5.41, 5.74) is 4.85. The van der Waals surface area contributed by atoms with Crippen LogP contribution in [-0.2, 0) is 17.8 Å². The maximum Gasteiger partial charge on any atom is 0.247 e. The number of H-pyrrole nitrogens is 1. The van der Waals surface area contributed by atoms with Gasteiger partial charge in [-0.25, -0.2) is 0 Å². The van der Waals surface area contributed by atoms with E-state index in [9.17, 15) is 10.1 Å². The zero-order chi connectivity index (χ0) is 24.4. The molecular formula is C27H27N7O. The van der Waals surface area contributed by atoms with Crippen LogP contribution in [-0.4, -0.2) is 53.2 Å². The minimum Gasteiger partial charge on any atom is -0.365 e. The Morgan fingerprint density at radius 2 is 2.00 bits per heavy atom. The van der Waals surface area contributed by atoms with Gasteiger partial charge in [0.1, 0.15) is 0 Å². The molecule has 176 valence electrons. The summed E-state index contributed by atoms with van der Waals surface area (Å²) in [5.74, 6) is 0.702. The zero-order valence-corrected chi connectivity index (χ0v) is 19.7. The quantitative estimate of drug-likeness (QED) is 0.468. The highest BCUT2D eigenvalue weighted by molar-refractivity contribution is 5.97. The van der Waals surface area contributed by atoms with Crippen molar-refractivity contribution in [3.05, 3.63) is 65.4 Å². The van der Waals surface area contributed by atoms with E-state index >= 15 is 0 Å². The van der Waals surface area contributed by atoms with Crippen LogP contribution in [0.4, 0.5) is 11.5 Å². The molecule has 0 radical (unpaired) electrons. The second-order valence-corrected chi connectivity index (χ2v) is 9.08. The lowest BCUT2D eigenvalue weighted by molar-refractivity contribution is -0.128. The molecule has 1 fully saturated rings. The van der Waals surface area contributed by atoms with Crippen LogP contribution in [0.3, 0.4) is 0 Å². The number of aromatic amines is 1. The van der Waals surface area contributed by atoms with Crippen LogP contribution in [0, 0.1) is 29.6 Å². The number of benzene rings is 2. The van der Waals surface area contributed by atoms with Gasteiger partial charge in [0.05, 0.1) is 36.8 Å². The standard InChI is InChI=1S/C27H27N7O/c1-19-5-2-6-20-7-3-8-24(26(19)20)32-14-11-22-23(18-32)30-31-27(22)33-15-16-34(21(17-33)10-13-29)25(35)9-4-12-28/h2-9,21H,10-11,14-18H2,1H3,(H,30,31)/b9-4+/t21-/m0/s1. The van der Waals surface area contributed by atoms with Crippen LogP contribution in [0.1, 0.15) is 23.2 Å². The Morgan fingerprint density at radius 1 is 1.17 bits per heavy atom. The smallest absolute Gasteiger partial charge is 0.247 e. The number of carbonyl (C=O) groups excluding carboxylic acids is 1. The van der Waals surface area contributed by atoms with E-state index in [-0.39, 0.29) is 18.4 Å². The number of nitrogens with zero attached hydrogens (tertiary/aromatic N) is 6. The van der Waals surface area contributed by atoms with Gasteiger partial charge in [-0.05, 0) is 30.4 Å². The van der Waals surface area contributed by atoms with Crippen LogP contribution in [0.15, 0.2) is 48.6 Å². The Labute approximate surface area is 204 Å². The number of carbonyl (C=O) groups is 1. The van der Waals surface area contributed by atoms with E-state index in [0.717, 1.165) is 31.0 Å². The number of allylic oxidation sites excluding steroid dienone is 1. The molecule has 8 heteroatoms. The predicted octanol–water partition coefficient (Wildman–Crippen LogP) is 3.44. The molecule has 1 N–H and O–H groups in total. The highest BCUT2D eigenvalue weighted by atomic mass is 16.2. The molecule has 8 nitrogen and oxygen atoms in total. The van der Waals surface area contributed by atoms with Crippen molar-refractivity contribution >= 4 is 28.2 Å². The fourth-order valence-electron chi connectivity index (χ4n) is 5.36. The molecule has 0 bridgehead atoms. The van der Waals surface area contributed by atoms with Crippen molar-refractivity contribution in [3.8, 4) is 12.1 Å². The van der Waals surface area contributed by atoms with Crippen LogP contribution < -0.4 is 9.80 Å². The fraction of sp³-hybridized carbons (Fsp3) is 0.333. The Morgan fingerprint density at radius 3 is 2.80 bits per heavy atom. The topological polar surface area (TPSA) is 103 Å². The average Bonchev–Trinajstić information content (AvgIpc) is 3.30. The normalized spacial score (nSPS) is 17.9. The third-order valence-corrected chi connectivity index (χ3v) is 7.04. The van der Waals surface area contributed by atoms with Gasteiger partial charge in [0.15, 0.2) is 5.82 Å². The number of nitrogens with one attached hydrogen (secondary N) is 1. The van der Waals surface area contributed by atoms with Gasteiger partial charge in [0, 0.05) is 55.0 Å². The molecule has 0 unspecified atom stereocenters. The first-order chi connectivity index (χ1) is 17.1. The predicted molar refractivity (Wildman–Crippen MR) is 135 cm³/mol. The SMILES string of the molecule is Cc1cccc2cccc(N3CCc4c(N5CCN(C(=O)/C=C/C#N)[C@@H](CC#N)C5)n[nH]c4C3)c12. The maximum atomic E-state index is 12.5. The van der Waals surface area contributed by atoms with Crippen LogP contribution in [0.2, 0.25) is 0 Å². The number of rotatable bonds is 4. The van der Waals surface area contributed by atoms with Crippen LogP contribution in [0.5, 0.6) is 0 Å². The third kappa shape index (κ3) is 4.20. The summed E-state index contributed by atoms with van der Waals surface area (Å²) in [6, 6.07) is 16.7. The van der Waals surface area contributed by atoms with Gasteiger partial charge in [-0.15, -0.1) is 0 Å². The summed E-state index contributed by atoms with van der Waals surface area (Å²) in [5, 5.41) is 28.6. The molecular weight excluding hydrogens is 438 g/mol. The largest absolute Gasteiger partial charge is 0.365 e. The van der Waals surface area contributed by atoms with Gasteiger partial charge in [-0.2, -0.15) is 15.6 Å². The van der Waals surface area contributed by atoms with Gasteiger partial charge >= 0.3 is 0 Å². The number of hydrogen-bond donors (Lipinski definition) is 1. The van der Waals surface area contributed by atoms with E-state index < -0.39 is 0 Å². The molecule has 3 aromatic rings. The molecule has 1 amide bonds. The van der Waals surface area contributed by atoms with Crippen LogP contribution >= 0.6 is 0 Å². The fourth-order valence-corrected chi connectivity index (χ4v) is 5.36. The molecule has 0 aliphatic carbocycles. The molecule has 1 atom stereocenters. The van der Waals surface area contributed by atoms with E-state index in [0.29, 0.717) is 19.6 Å². The molecule has 2 aromatic carbocycles. The second-order valence-electron chi connectivity index (χ2n) is 9.08. The molecule has 2 aliphatic rings. The van der Waals surface area contributed by atoms with Crippen molar-refractivity contribution in [1.29, 1.82) is 10.5 Å². The molecule has 0 spiro atoms. The van der Waals surface area contributed by atoms with Gasteiger partial charge in [0.2, 0.25) is 5.91 Å². The lowest BCUT2D eigenvalue weighted by atomic mass is 10.00. The number of fused-ring (bicyclic) bond motifs is 2. The Hall–Kier alpha value is -4.30. The first kappa shape index (κ1) is 22.5. The lowest BCUT2D eigenvalue weighted by Gasteiger charge is -2.41. The van der Waals surface area contributed by atoms with E-state index in [1.807, 2.05) is 6.07 Å². The molecule has 1 aromatic heterocycles. The van der Waals surface area contributed by atoms with E-state index in [1.54, 1.807) is 4.90 Å². The Bertz CT molecular complexity index is 1370. The van der Waals surface area contributed by atoms with E-state index in [4.69, 9.17) is 5.26 Å². The lowest BCUT2D eigenvalue weighted by Crippen LogP contribution is -2.55. The van der Waals surface area contributed by atoms with Gasteiger partial charge in [-0.3, -0.25) is 9.89 Å². The highest BCUT2D eigenvalue weighted by Crippen LogP contribution is 2.35. The van der Waals surface area contributed by atoms with Crippen molar-refractivity contribution < 1.29 is 4.79 Å². The van der Waals surface area contributed by atoms with Crippen molar-refractivity contribution in [3.63, 3.8) is 0 Å². The van der Waals surface area contributed by atoms with Gasteiger partial charge in [0.25, 0.3) is 0 Å². The number of anilines is 2. The molecule has 35 heavy (non-hydrogen) atoms. The van der Waals surface area contributed by atoms with Gasteiger partial charge in [-0.1, -0.05) is 30.3 Å². The van der Waals surface area contributed by atoms with Crippen molar-refractivity contribution in [2.24, 2.45) is 0 Å². The molecule has 3 heterocycles. The Kier molecular flexibility index (Phi) is 6.12. The van der Waals surface area contributed by atoms with Gasteiger partial charge < -0.3 is 14.7 Å². The summed E-state index contributed by atoms with van der Waals surface area (Å²) in [6.45, 7) is 5.49. The second kappa shape index (κ2) is 9.52. The van der Waals surface area contributed by atoms with E-state index in [1.165, 1.54) is 39.7 Å². The van der Waals surface area contributed by atoms with Crippen LogP contribution in [0.25, 0.3) is 10.8 Å². The maximum absolute atomic E-state index is 12.5. The van der Waals surface area contributed by atoms with Crippen molar-refractivity contribution in [2.75, 3.05) is 36.0 Å². The minimum absolute atomic E-state index is 0.225. The monoisotopic (exact) mass is 465 g/mol. The number of amides is 1. The zero-order valence-electron chi connectivity index (χ0n) is 19.7. The summed E-state index contributed by atoms with van der Waals surface area (Å²) < 4.78 is 0. The molecule has 1 saturated heterocycles. The molecule has 0 saturated carbocycles. The minimum atomic E-state index is -0.240. The van der Waals surface area contributed by atoms with Crippen molar-refractivity contribution in [2.45, 2.75) is 32.4 Å². The number of hydrogen-bond acceptors (Lipinski definition) is 6. The molecule has 5 rings (SSSR count). The number of piperazine rings is 1. The first-order valence-corrected chi connectivity index (χ1v) is 11.9. The first-order valence-electron chi connectivity index (χ1n) is 11.9. The highest BCUT2D eigenvalue weighted by Gasteiger charge is 2.33. The summed E-state index contributed by atoms with van der Waals surface area (Å²) in [6.07, 6.45) is 3.57. The average molecular weight is 466 g/mol. The summed E-state index contributed by atoms with van der Waals surface area (Å²) >= 11 is 0. The summed E-state index contributed by atoms with van der Waals surface area (Å²) in [7, 11) is 0. The summed E-state index contributed by atoms with van der Waals surface area (Å²) in [4.78, 5) is 18.8. The number of aromatic nitrogens is 2.